The number of carbonyl (C=O) groups is 1. The second-order valence-electron chi connectivity index (χ2n) is 4.12. The first-order valence-electron chi connectivity index (χ1n) is 4.85. The molecule has 0 aliphatic carbocycles. The van der Waals surface area contributed by atoms with Crippen molar-refractivity contribution in [2.45, 2.75) is 25.8 Å². The van der Waals surface area contributed by atoms with Gasteiger partial charge in [-0.05, 0) is 19.9 Å². The lowest BCUT2D eigenvalue weighted by atomic mass is 10.0. The van der Waals surface area contributed by atoms with Crippen LogP contribution in [0.5, 0.6) is 0 Å². The van der Waals surface area contributed by atoms with Crippen molar-refractivity contribution < 1.29 is 9.90 Å². The fourth-order valence-corrected chi connectivity index (χ4v) is 1.34. The van der Waals surface area contributed by atoms with Gasteiger partial charge in [0.25, 0.3) is 0 Å². The van der Waals surface area contributed by atoms with Crippen molar-refractivity contribution in [3.63, 3.8) is 0 Å². The molecule has 1 rings (SSSR count). The largest absolute Gasteiger partial charge is 0.478 e. The van der Waals surface area contributed by atoms with Crippen molar-refractivity contribution in [3.8, 4) is 12.3 Å². The lowest BCUT2D eigenvalue weighted by Crippen LogP contribution is -2.31. The van der Waals surface area contributed by atoms with Gasteiger partial charge in [-0.25, -0.2) is 4.79 Å². The Hall–Kier alpha value is -2.02. The number of carboxylic acid groups (broad SMARTS) is 1. The van der Waals surface area contributed by atoms with Crippen LogP contribution in [0, 0.1) is 12.3 Å². The minimum atomic E-state index is -0.985. The van der Waals surface area contributed by atoms with E-state index in [1.54, 1.807) is 0 Å². The number of aromatic nitrogens is 1. The van der Waals surface area contributed by atoms with Crippen molar-refractivity contribution in [2.24, 2.45) is 0 Å². The summed E-state index contributed by atoms with van der Waals surface area (Å²) in [5.74, 6) is 1.56. The number of carboxylic acids is 1. The number of anilines is 1. The number of pyridine rings is 1. The van der Waals surface area contributed by atoms with Crippen LogP contribution in [-0.4, -0.2) is 21.6 Å². The molecule has 0 bridgehead atoms. The maximum atomic E-state index is 11.0. The Labute approximate surface area is 94.7 Å². The molecular weight excluding hydrogens is 204 g/mol. The molecule has 0 amide bonds. The van der Waals surface area contributed by atoms with E-state index < -0.39 is 5.97 Å². The van der Waals surface area contributed by atoms with Crippen LogP contribution >= 0.6 is 0 Å². The fourth-order valence-electron chi connectivity index (χ4n) is 1.34. The summed E-state index contributed by atoms with van der Waals surface area (Å²) in [6.45, 7) is 3.82. The molecule has 1 aromatic heterocycles. The van der Waals surface area contributed by atoms with Gasteiger partial charge in [-0.15, -0.1) is 12.3 Å². The molecule has 0 fully saturated rings. The van der Waals surface area contributed by atoms with Gasteiger partial charge in [0, 0.05) is 18.2 Å². The molecule has 0 saturated carbocycles. The number of hydrogen-bond donors (Lipinski definition) is 2. The Morgan fingerprint density at radius 3 is 2.94 bits per heavy atom. The number of rotatable bonds is 4. The lowest BCUT2D eigenvalue weighted by Gasteiger charge is -2.25. The first-order valence-corrected chi connectivity index (χ1v) is 4.85. The van der Waals surface area contributed by atoms with E-state index in [2.05, 4.69) is 16.2 Å². The van der Waals surface area contributed by atoms with E-state index in [1.165, 1.54) is 18.5 Å². The fraction of sp³-hybridized carbons (Fsp3) is 0.333. The van der Waals surface area contributed by atoms with Gasteiger partial charge in [-0.3, -0.25) is 4.98 Å². The molecule has 0 unspecified atom stereocenters. The molecule has 0 atom stereocenters. The van der Waals surface area contributed by atoms with Gasteiger partial charge >= 0.3 is 5.97 Å². The van der Waals surface area contributed by atoms with Gasteiger partial charge in [-0.1, -0.05) is 0 Å². The SMILES string of the molecule is C#CCC(C)(C)Nc1cnccc1C(=O)O. The third kappa shape index (κ3) is 2.99. The zero-order chi connectivity index (χ0) is 12.2. The highest BCUT2D eigenvalue weighted by Crippen LogP contribution is 2.20. The monoisotopic (exact) mass is 218 g/mol. The number of nitrogens with zero attached hydrogens (tertiary/aromatic N) is 1. The Balaban J connectivity index is 2.98. The van der Waals surface area contributed by atoms with Crippen molar-refractivity contribution >= 4 is 11.7 Å². The zero-order valence-corrected chi connectivity index (χ0v) is 9.32. The highest BCUT2D eigenvalue weighted by molar-refractivity contribution is 5.93. The summed E-state index contributed by atoms with van der Waals surface area (Å²) in [5.41, 5.74) is 0.317. The zero-order valence-electron chi connectivity index (χ0n) is 9.32. The van der Waals surface area contributed by atoms with Crippen LogP contribution in [0.25, 0.3) is 0 Å². The predicted octanol–water partition coefficient (Wildman–Crippen LogP) is 1.99. The van der Waals surface area contributed by atoms with E-state index in [0.29, 0.717) is 12.1 Å². The quantitative estimate of drug-likeness (QED) is 0.759. The Morgan fingerprint density at radius 2 is 2.38 bits per heavy atom. The van der Waals surface area contributed by atoms with Crippen LogP contribution in [0.2, 0.25) is 0 Å². The third-order valence-electron chi connectivity index (χ3n) is 2.07. The molecule has 0 aromatic carbocycles. The van der Waals surface area contributed by atoms with E-state index in [9.17, 15) is 4.79 Å². The first-order chi connectivity index (χ1) is 7.46. The van der Waals surface area contributed by atoms with E-state index in [4.69, 9.17) is 11.5 Å². The highest BCUT2D eigenvalue weighted by Gasteiger charge is 2.19. The molecule has 0 saturated heterocycles. The van der Waals surface area contributed by atoms with Gasteiger partial charge in [0.2, 0.25) is 0 Å². The summed E-state index contributed by atoms with van der Waals surface area (Å²) in [6.07, 6.45) is 8.68. The molecule has 2 N–H and O–H groups in total. The molecule has 1 aromatic rings. The lowest BCUT2D eigenvalue weighted by molar-refractivity contribution is 0.0697. The number of nitrogens with one attached hydrogen (secondary N) is 1. The molecule has 1 heterocycles. The number of hydrogen-bond acceptors (Lipinski definition) is 3. The molecule has 0 spiro atoms. The van der Waals surface area contributed by atoms with E-state index in [1.807, 2.05) is 13.8 Å². The summed E-state index contributed by atoms with van der Waals surface area (Å²) in [4.78, 5) is 14.9. The van der Waals surface area contributed by atoms with E-state index in [-0.39, 0.29) is 11.1 Å². The van der Waals surface area contributed by atoms with Crippen LogP contribution in [0.4, 0.5) is 5.69 Å². The summed E-state index contributed by atoms with van der Waals surface area (Å²) in [5, 5.41) is 12.1. The number of aromatic carboxylic acids is 1. The normalized spacial score (nSPS) is 10.6. The molecule has 4 heteroatoms. The van der Waals surface area contributed by atoms with Gasteiger partial charge in [0.15, 0.2) is 0 Å². The third-order valence-corrected chi connectivity index (χ3v) is 2.07. The first kappa shape index (κ1) is 12.1. The molecule has 0 aliphatic heterocycles. The molecule has 84 valence electrons. The van der Waals surface area contributed by atoms with Crippen LogP contribution < -0.4 is 5.32 Å². The molecular formula is C12H14N2O2. The minimum absolute atomic E-state index is 0.195. The van der Waals surface area contributed by atoms with Crippen molar-refractivity contribution in [1.29, 1.82) is 0 Å². The van der Waals surface area contributed by atoms with Crippen molar-refractivity contribution in [3.05, 3.63) is 24.0 Å². The van der Waals surface area contributed by atoms with Crippen molar-refractivity contribution in [2.75, 3.05) is 5.32 Å². The standard InChI is InChI=1S/C12H14N2O2/c1-4-6-12(2,3)14-10-8-13-7-5-9(10)11(15)16/h1,5,7-8,14H,6H2,2-3H3,(H,15,16). The van der Waals surface area contributed by atoms with E-state index >= 15 is 0 Å². The second-order valence-corrected chi connectivity index (χ2v) is 4.12. The van der Waals surface area contributed by atoms with Gasteiger partial charge < -0.3 is 10.4 Å². The summed E-state index contributed by atoms with van der Waals surface area (Å²) in [7, 11) is 0. The molecule has 16 heavy (non-hydrogen) atoms. The van der Waals surface area contributed by atoms with Crippen LogP contribution in [0.15, 0.2) is 18.5 Å². The topological polar surface area (TPSA) is 62.2 Å². The number of terminal acetylenes is 1. The Kier molecular flexibility index (Phi) is 3.51. The summed E-state index contributed by atoms with van der Waals surface area (Å²) in [6, 6.07) is 1.45. The summed E-state index contributed by atoms with van der Waals surface area (Å²) < 4.78 is 0. The van der Waals surface area contributed by atoms with Crippen LogP contribution in [0.1, 0.15) is 30.6 Å². The van der Waals surface area contributed by atoms with Crippen LogP contribution in [-0.2, 0) is 0 Å². The van der Waals surface area contributed by atoms with Gasteiger partial charge in [0.05, 0.1) is 17.4 Å². The minimum Gasteiger partial charge on any atom is -0.478 e. The van der Waals surface area contributed by atoms with Crippen LogP contribution in [0.3, 0.4) is 0 Å². The smallest absolute Gasteiger partial charge is 0.337 e. The van der Waals surface area contributed by atoms with Crippen molar-refractivity contribution in [1.82, 2.24) is 4.98 Å². The predicted molar refractivity (Wildman–Crippen MR) is 62.3 cm³/mol. The Morgan fingerprint density at radius 1 is 1.69 bits per heavy atom. The average molecular weight is 218 g/mol. The molecule has 0 aliphatic rings. The second kappa shape index (κ2) is 4.67. The summed E-state index contributed by atoms with van der Waals surface area (Å²) >= 11 is 0. The highest BCUT2D eigenvalue weighted by atomic mass is 16.4. The maximum absolute atomic E-state index is 11.0. The molecule has 4 nitrogen and oxygen atoms in total. The Bertz CT molecular complexity index is 433. The van der Waals surface area contributed by atoms with Gasteiger partial charge in [0.1, 0.15) is 0 Å². The molecule has 0 radical (unpaired) electrons. The van der Waals surface area contributed by atoms with E-state index in [0.717, 1.165) is 0 Å². The van der Waals surface area contributed by atoms with Gasteiger partial charge in [-0.2, -0.15) is 0 Å². The maximum Gasteiger partial charge on any atom is 0.337 e. The average Bonchev–Trinajstić information content (AvgIpc) is 2.17.